The molecule has 0 aromatic heterocycles. The lowest BCUT2D eigenvalue weighted by molar-refractivity contribution is -0.126. The van der Waals surface area contributed by atoms with Gasteiger partial charge in [-0.1, -0.05) is 54.6 Å². The minimum absolute atomic E-state index is 0.352. The van der Waals surface area contributed by atoms with E-state index in [4.69, 9.17) is 9.47 Å². The van der Waals surface area contributed by atoms with E-state index >= 15 is 0 Å². The molecule has 1 aliphatic heterocycles. The van der Waals surface area contributed by atoms with Crippen LogP contribution in [0.1, 0.15) is 18.4 Å². The molecule has 0 radical (unpaired) electrons. The lowest BCUT2D eigenvalue weighted by atomic mass is 9.86. The predicted molar refractivity (Wildman–Crippen MR) is 99.5 cm³/mol. The van der Waals surface area contributed by atoms with Gasteiger partial charge in [0, 0.05) is 6.42 Å². The third kappa shape index (κ3) is 3.00. The van der Waals surface area contributed by atoms with Crippen molar-refractivity contribution >= 4 is 9.84 Å². The van der Waals surface area contributed by atoms with Crippen LogP contribution in [-0.2, 0) is 25.7 Å². The van der Waals surface area contributed by atoms with Gasteiger partial charge in [0.1, 0.15) is 0 Å². The summed E-state index contributed by atoms with van der Waals surface area (Å²) in [6.45, 7) is 1.09. The Morgan fingerprint density at radius 3 is 2.00 bits per heavy atom. The molecule has 2 aromatic rings. The van der Waals surface area contributed by atoms with Crippen molar-refractivity contribution in [2.75, 3.05) is 13.2 Å². The van der Waals surface area contributed by atoms with Crippen molar-refractivity contribution in [2.45, 2.75) is 34.7 Å². The van der Waals surface area contributed by atoms with Gasteiger partial charge in [0.2, 0.25) is 0 Å². The fraction of sp³-hybridized carbons (Fsp3) is 0.333. The minimum atomic E-state index is -3.57. The van der Waals surface area contributed by atoms with Crippen LogP contribution in [0, 0.1) is 0 Å². The summed E-state index contributed by atoms with van der Waals surface area (Å²) in [6.07, 6.45) is 5.03. The van der Waals surface area contributed by atoms with E-state index < -0.39 is 20.4 Å². The zero-order chi connectivity index (χ0) is 18.1. The van der Waals surface area contributed by atoms with E-state index in [1.54, 1.807) is 30.3 Å². The van der Waals surface area contributed by atoms with Crippen molar-refractivity contribution in [1.29, 1.82) is 0 Å². The van der Waals surface area contributed by atoms with Crippen LogP contribution in [0.5, 0.6) is 0 Å². The molecule has 1 saturated heterocycles. The van der Waals surface area contributed by atoms with Crippen LogP contribution in [-0.4, -0.2) is 32.2 Å². The zero-order valence-corrected chi connectivity index (χ0v) is 15.3. The first-order valence-corrected chi connectivity index (χ1v) is 10.4. The number of ether oxygens (including phenoxy) is 2. The number of rotatable bonds is 4. The van der Waals surface area contributed by atoms with E-state index in [1.165, 1.54) is 0 Å². The Morgan fingerprint density at radius 2 is 1.42 bits per heavy atom. The molecule has 1 spiro atoms. The SMILES string of the molecule is O=S(=O)(c1ccccc1)C1(Cc2ccccc2)C=CC2(CC1)OCCO2. The van der Waals surface area contributed by atoms with Crippen LogP contribution in [0.4, 0.5) is 0 Å². The van der Waals surface area contributed by atoms with Crippen LogP contribution < -0.4 is 0 Å². The summed E-state index contributed by atoms with van der Waals surface area (Å²) in [5, 5.41) is 0. The highest BCUT2D eigenvalue weighted by molar-refractivity contribution is 7.93. The maximum Gasteiger partial charge on any atom is 0.188 e. The third-order valence-electron chi connectivity index (χ3n) is 5.25. The second-order valence-corrected chi connectivity index (χ2v) is 9.18. The monoisotopic (exact) mass is 370 g/mol. The molecule has 5 heteroatoms. The van der Waals surface area contributed by atoms with Gasteiger partial charge in [0.05, 0.1) is 22.9 Å². The lowest BCUT2D eigenvalue weighted by Gasteiger charge is -2.38. The maximum atomic E-state index is 13.6. The molecule has 0 N–H and O–H groups in total. The fourth-order valence-corrected chi connectivity index (χ4v) is 5.74. The van der Waals surface area contributed by atoms with E-state index in [0.717, 1.165) is 5.56 Å². The van der Waals surface area contributed by atoms with E-state index in [2.05, 4.69) is 0 Å². The molecule has 26 heavy (non-hydrogen) atoms. The molecule has 0 bridgehead atoms. The molecule has 1 heterocycles. The second-order valence-electron chi connectivity index (χ2n) is 6.89. The molecule has 4 rings (SSSR count). The van der Waals surface area contributed by atoms with E-state index in [-0.39, 0.29) is 0 Å². The highest BCUT2D eigenvalue weighted by atomic mass is 32.2. The summed E-state index contributed by atoms with van der Waals surface area (Å²) in [6, 6.07) is 18.5. The summed E-state index contributed by atoms with van der Waals surface area (Å²) >= 11 is 0. The van der Waals surface area contributed by atoms with E-state index in [0.29, 0.717) is 37.4 Å². The smallest absolute Gasteiger partial charge is 0.188 e. The molecule has 2 aromatic carbocycles. The molecule has 1 fully saturated rings. The van der Waals surface area contributed by atoms with Gasteiger partial charge in [-0.2, -0.15) is 0 Å². The molecule has 1 unspecified atom stereocenters. The highest BCUT2D eigenvalue weighted by Gasteiger charge is 2.49. The average Bonchev–Trinajstić information content (AvgIpc) is 3.14. The molecular formula is C21H22O4S. The Morgan fingerprint density at radius 1 is 0.808 bits per heavy atom. The zero-order valence-electron chi connectivity index (χ0n) is 14.5. The highest BCUT2D eigenvalue weighted by Crippen LogP contribution is 2.43. The Kier molecular flexibility index (Phi) is 4.47. The maximum absolute atomic E-state index is 13.6. The summed E-state index contributed by atoms with van der Waals surface area (Å²) in [5.74, 6) is -0.758. The molecule has 2 aliphatic rings. The van der Waals surface area contributed by atoms with Gasteiger partial charge < -0.3 is 9.47 Å². The molecule has 136 valence electrons. The summed E-state index contributed by atoms with van der Waals surface area (Å²) in [7, 11) is -3.57. The standard InChI is InChI=1S/C21H22O4S/c22-26(23,19-9-5-2-6-10-19)20(17-18-7-3-1-4-8-18)11-13-21(14-12-20)24-15-16-25-21/h1-11,13H,12,14-17H2. The van der Waals surface area contributed by atoms with Gasteiger partial charge in [0.15, 0.2) is 15.6 Å². The van der Waals surface area contributed by atoms with Crippen LogP contribution >= 0.6 is 0 Å². The first-order valence-electron chi connectivity index (χ1n) is 8.87. The second kappa shape index (κ2) is 6.65. The van der Waals surface area contributed by atoms with Crippen LogP contribution in [0.3, 0.4) is 0 Å². The normalized spacial score (nSPS) is 24.8. The van der Waals surface area contributed by atoms with Gasteiger partial charge in [-0.3, -0.25) is 0 Å². The van der Waals surface area contributed by atoms with E-state index in [9.17, 15) is 8.42 Å². The largest absolute Gasteiger partial charge is 0.344 e. The van der Waals surface area contributed by atoms with Gasteiger partial charge in [0.25, 0.3) is 0 Å². The third-order valence-corrected chi connectivity index (χ3v) is 7.70. The number of sulfone groups is 1. The molecule has 0 amide bonds. The fourth-order valence-electron chi connectivity index (χ4n) is 3.78. The molecule has 4 nitrogen and oxygen atoms in total. The van der Waals surface area contributed by atoms with Gasteiger partial charge in [-0.15, -0.1) is 0 Å². The topological polar surface area (TPSA) is 52.6 Å². The van der Waals surface area contributed by atoms with Crippen molar-refractivity contribution in [1.82, 2.24) is 0 Å². The number of hydrogen-bond acceptors (Lipinski definition) is 4. The van der Waals surface area contributed by atoms with Crippen molar-refractivity contribution in [2.24, 2.45) is 0 Å². The Labute approximate surface area is 154 Å². The van der Waals surface area contributed by atoms with Crippen molar-refractivity contribution in [3.8, 4) is 0 Å². The van der Waals surface area contributed by atoms with Crippen LogP contribution in [0.15, 0.2) is 77.7 Å². The molecule has 0 saturated carbocycles. The molecule has 1 atom stereocenters. The summed E-state index contributed by atoms with van der Waals surface area (Å²) in [4.78, 5) is 0.352. The van der Waals surface area contributed by atoms with Crippen molar-refractivity contribution < 1.29 is 17.9 Å². The average molecular weight is 370 g/mol. The van der Waals surface area contributed by atoms with Gasteiger partial charge >= 0.3 is 0 Å². The number of hydrogen-bond donors (Lipinski definition) is 0. The predicted octanol–water partition coefficient (Wildman–Crippen LogP) is 3.53. The quantitative estimate of drug-likeness (QED) is 0.773. The van der Waals surface area contributed by atoms with Crippen LogP contribution in [0.2, 0.25) is 0 Å². The van der Waals surface area contributed by atoms with Gasteiger partial charge in [-0.05, 0) is 36.6 Å². The Balaban J connectivity index is 1.78. The first-order chi connectivity index (χ1) is 12.6. The van der Waals surface area contributed by atoms with E-state index in [1.807, 2.05) is 42.5 Å². The summed E-state index contributed by atoms with van der Waals surface area (Å²) in [5.41, 5.74) is 1.00. The molecule has 1 aliphatic carbocycles. The van der Waals surface area contributed by atoms with Gasteiger partial charge in [-0.25, -0.2) is 8.42 Å². The lowest BCUT2D eigenvalue weighted by Crippen LogP contribution is -2.45. The van der Waals surface area contributed by atoms with Crippen molar-refractivity contribution in [3.63, 3.8) is 0 Å². The minimum Gasteiger partial charge on any atom is -0.344 e. The first kappa shape index (κ1) is 17.5. The summed E-state index contributed by atoms with van der Waals surface area (Å²) < 4.78 is 37.6. The van der Waals surface area contributed by atoms with Crippen LogP contribution in [0.25, 0.3) is 0 Å². The molecular weight excluding hydrogens is 348 g/mol. The Hall–Kier alpha value is -1.95. The number of benzene rings is 2. The Bertz CT molecular complexity index is 884. The van der Waals surface area contributed by atoms with Crippen molar-refractivity contribution in [3.05, 3.63) is 78.4 Å².